The van der Waals surface area contributed by atoms with Crippen molar-refractivity contribution in [2.75, 3.05) is 18.4 Å². The number of hydrogen-bond donors (Lipinski definition) is 2. The predicted octanol–water partition coefficient (Wildman–Crippen LogP) is 5.03. The molecular weight excluding hydrogens is 539 g/mol. The Kier molecular flexibility index (Phi) is 8.62. The summed E-state index contributed by atoms with van der Waals surface area (Å²) in [5.74, 6) is -1.79. The van der Waals surface area contributed by atoms with E-state index in [0.717, 1.165) is 23.3 Å². The van der Waals surface area contributed by atoms with Gasteiger partial charge in [0.2, 0.25) is 17.7 Å². The molecule has 1 aliphatic carbocycles. The number of benzene rings is 2. The maximum atomic E-state index is 13.4. The van der Waals surface area contributed by atoms with Gasteiger partial charge in [0.05, 0.1) is 16.6 Å². The number of carbonyl (C=O) groups excluding carboxylic acids is 4. The van der Waals surface area contributed by atoms with Crippen LogP contribution in [0.15, 0.2) is 36.4 Å². The van der Waals surface area contributed by atoms with Crippen molar-refractivity contribution in [2.45, 2.75) is 45.2 Å². The topological polar surface area (TPSA) is 98.8 Å². The fraction of sp³-hybridized carbons (Fsp3) is 0.385. The smallest absolute Gasteiger partial charge is 0.327 e. The zero-order valence-electron chi connectivity index (χ0n) is 20.2. The fourth-order valence-electron chi connectivity index (χ4n) is 4.82. The van der Waals surface area contributed by atoms with Crippen LogP contribution in [-0.4, -0.2) is 52.7 Å². The molecule has 0 aromatic heterocycles. The number of aryl methyl sites for hydroxylation is 1. The van der Waals surface area contributed by atoms with Crippen LogP contribution >= 0.6 is 34.8 Å². The summed E-state index contributed by atoms with van der Waals surface area (Å²) in [6.45, 7) is 1.30. The Labute approximate surface area is 230 Å². The summed E-state index contributed by atoms with van der Waals surface area (Å²) in [5, 5.41) is 6.70. The van der Waals surface area contributed by atoms with Crippen LogP contribution in [0.1, 0.15) is 36.8 Å². The molecule has 0 spiro atoms. The highest BCUT2D eigenvalue weighted by atomic mass is 35.5. The summed E-state index contributed by atoms with van der Waals surface area (Å²) < 4.78 is 0. The molecule has 37 heavy (non-hydrogen) atoms. The zero-order valence-corrected chi connectivity index (χ0v) is 22.5. The second-order valence-corrected chi connectivity index (χ2v) is 10.6. The Balaban J connectivity index is 1.45. The Morgan fingerprint density at radius 2 is 1.70 bits per heavy atom. The van der Waals surface area contributed by atoms with Crippen LogP contribution in [-0.2, 0) is 20.9 Å². The van der Waals surface area contributed by atoms with Crippen LogP contribution in [0.2, 0.25) is 15.1 Å². The molecule has 2 fully saturated rings. The van der Waals surface area contributed by atoms with Gasteiger partial charge in [-0.15, -0.1) is 0 Å². The molecule has 2 atom stereocenters. The third-order valence-electron chi connectivity index (χ3n) is 6.70. The number of hydrogen-bond acceptors (Lipinski definition) is 4. The quantitative estimate of drug-likeness (QED) is 0.492. The predicted molar refractivity (Wildman–Crippen MR) is 143 cm³/mol. The number of nitrogens with one attached hydrogen (secondary N) is 2. The van der Waals surface area contributed by atoms with Crippen molar-refractivity contribution in [2.24, 2.45) is 5.92 Å². The highest BCUT2D eigenvalue weighted by molar-refractivity contribution is 6.35. The second-order valence-electron chi connectivity index (χ2n) is 9.34. The summed E-state index contributed by atoms with van der Waals surface area (Å²) in [5.41, 5.74) is 2.04. The average molecular weight is 566 g/mol. The van der Waals surface area contributed by atoms with E-state index in [4.69, 9.17) is 34.8 Å². The van der Waals surface area contributed by atoms with E-state index in [1.165, 1.54) is 4.90 Å². The van der Waals surface area contributed by atoms with Gasteiger partial charge in [0.25, 0.3) is 0 Å². The molecule has 1 heterocycles. The number of urea groups is 1. The standard InChI is InChI=1S/C26H27Cl3N4O4/c1-15-6-9-21(20(29)10-15)31-24(35)14-32-22-5-3-2-4-18(22)25(36)33(26(32)37)13-23(34)30-12-16-7-8-17(27)11-19(16)28/h6-11,18,22H,2-5,12-14H2,1H3,(H,30,34)(H,31,35). The van der Waals surface area contributed by atoms with Crippen LogP contribution < -0.4 is 10.6 Å². The van der Waals surface area contributed by atoms with E-state index >= 15 is 0 Å². The number of rotatable bonds is 7. The van der Waals surface area contributed by atoms with Gasteiger partial charge in [0.1, 0.15) is 13.1 Å². The van der Waals surface area contributed by atoms with Crippen molar-refractivity contribution in [1.29, 1.82) is 0 Å². The SMILES string of the molecule is Cc1ccc(NC(=O)CN2C(=O)N(CC(=O)NCc3ccc(Cl)cc3Cl)C(=O)C3CCCCC32)c(Cl)c1. The first-order chi connectivity index (χ1) is 17.6. The summed E-state index contributed by atoms with van der Waals surface area (Å²) in [6, 6.07) is 9.12. The molecule has 0 bridgehead atoms. The largest absolute Gasteiger partial charge is 0.350 e. The number of fused-ring (bicyclic) bond motifs is 1. The lowest BCUT2D eigenvalue weighted by Crippen LogP contribution is -2.64. The van der Waals surface area contributed by atoms with Crippen molar-refractivity contribution in [3.05, 3.63) is 62.6 Å². The molecular formula is C26H27Cl3N4O4. The lowest BCUT2D eigenvalue weighted by atomic mass is 9.81. The number of nitrogens with zero attached hydrogens (tertiary/aromatic N) is 2. The third-order valence-corrected chi connectivity index (χ3v) is 7.59. The molecule has 8 nitrogen and oxygen atoms in total. The molecule has 2 aliphatic rings. The molecule has 196 valence electrons. The average Bonchev–Trinajstić information content (AvgIpc) is 2.85. The Hall–Kier alpha value is -2.81. The monoisotopic (exact) mass is 564 g/mol. The zero-order chi connectivity index (χ0) is 26.7. The van der Waals surface area contributed by atoms with Gasteiger partial charge >= 0.3 is 6.03 Å². The molecule has 4 rings (SSSR count). The van der Waals surface area contributed by atoms with E-state index in [9.17, 15) is 19.2 Å². The molecule has 2 N–H and O–H groups in total. The van der Waals surface area contributed by atoms with Crippen molar-refractivity contribution in [3.63, 3.8) is 0 Å². The minimum absolute atomic E-state index is 0.112. The molecule has 2 aromatic carbocycles. The van der Waals surface area contributed by atoms with Gasteiger partial charge in [-0.25, -0.2) is 4.79 Å². The lowest BCUT2D eigenvalue weighted by Gasteiger charge is -2.46. The van der Waals surface area contributed by atoms with Crippen molar-refractivity contribution in [3.8, 4) is 0 Å². The van der Waals surface area contributed by atoms with Gasteiger partial charge in [0, 0.05) is 22.6 Å². The molecule has 5 amide bonds. The van der Waals surface area contributed by atoms with Crippen molar-refractivity contribution in [1.82, 2.24) is 15.1 Å². The van der Waals surface area contributed by atoms with E-state index in [0.29, 0.717) is 39.2 Å². The number of amides is 5. The first-order valence-electron chi connectivity index (χ1n) is 12.0. The van der Waals surface area contributed by atoms with Crippen LogP contribution in [0, 0.1) is 12.8 Å². The maximum Gasteiger partial charge on any atom is 0.327 e. The van der Waals surface area contributed by atoms with Gasteiger partial charge in [0.15, 0.2) is 0 Å². The highest BCUT2D eigenvalue weighted by Crippen LogP contribution is 2.34. The van der Waals surface area contributed by atoms with Crippen molar-refractivity contribution < 1.29 is 19.2 Å². The molecule has 2 unspecified atom stereocenters. The normalized spacial score (nSPS) is 19.5. The molecule has 2 aromatic rings. The minimum Gasteiger partial charge on any atom is -0.350 e. The summed E-state index contributed by atoms with van der Waals surface area (Å²) in [6.07, 6.45) is 2.91. The second kappa shape index (κ2) is 11.7. The van der Waals surface area contributed by atoms with Crippen LogP contribution in [0.4, 0.5) is 10.5 Å². The molecule has 1 saturated carbocycles. The van der Waals surface area contributed by atoms with E-state index in [2.05, 4.69) is 10.6 Å². The van der Waals surface area contributed by atoms with Crippen LogP contribution in [0.25, 0.3) is 0 Å². The third kappa shape index (κ3) is 6.37. The van der Waals surface area contributed by atoms with Crippen LogP contribution in [0.3, 0.4) is 0 Å². The van der Waals surface area contributed by atoms with Gasteiger partial charge < -0.3 is 15.5 Å². The molecule has 1 aliphatic heterocycles. The Bertz CT molecular complexity index is 1240. The minimum atomic E-state index is -0.655. The van der Waals surface area contributed by atoms with E-state index < -0.39 is 30.3 Å². The molecule has 0 radical (unpaired) electrons. The Morgan fingerprint density at radius 3 is 2.43 bits per heavy atom. The van der Waals surface area contributed by atoms with Gasteiger partial charge in [-0.05, 0) is 55.2 Å². The van der Waals surface area contributed by atoms with Crippen molar-refractivity contribution >= 4 is 64.2 Å². The Morgan fingerprint density at radius 1 is 0.946 bits per heavy atom. The van der Waals surface area contributed by atoms with Gasteiger partial charge in [-0.1, -0.05) is 59.8 Å². The summed E-state index contributed by atoms with van der Waals surface area (Å²) in [4.78, 5) is 54.6. The number of imide groups is 1. The molecule has 1 saturated heterocycles. The molecule has 11 heteroatoms. The van der Waals surface area contributed by atoms with E-state index in [-0.39, 0.29) is 25.0 Å². The number of halogens is 3. The first-order valence-corrected chi connectivity index (χ1v) is 13.2. The number of anilines is 1. The van der Waals surface area contributed by atoms with E-state index in [1.54, 1.807) is 30.3 Å². The highest BCUT2D eigenvalue weighted by Gasteiger charge is 2.47. The fourth-order valence-corrected chi connectivity index (χ4v) is 5.58. The lowest BCUT2D eigenvalue weighted by molar-refractivity contribution is -0.144. The number of carbonyl (C=O) groups is 4. The van der Waals surface area contributed by atoms with Gasteiger partial charge in [-0.2, -0.15) is 0 Å². The van der Waals surface area contributed by atoms with Gasteiger partial charge in [-0.3, -0.25) is 19.3 Å². The first kappa shape index (κ1) is 27.2. The summed E-state index contributed by atoms with van der Waals surface area (Å²) >= 11 is 18.3. The van der Waals surface area contributed by atoms with E-state index in [1.807, 2.05) is 13.0 Å². The maximum absolute atomic E-state index is 13.4. The van der Waals surface area contributed by atoms with Crippen LogP contribution in [0.5, 0.6) is 0 Å². The summed E-state index contributed by atoms with van der Waals surface area (Å²) in [7, 11) is 0.